The SMILES string of the molecule is CCCC(CCC)(C1=N[C@@H](c2ccccc2)[C@@H](c2ccccc2)O1)C1=N[C@@H](c2ccccc2)[C@@H](c2ccccc2)O1. The van der Waals surface area contributed by atoms with Crippen LogP contribution in [0.15, 0.2) is 131 Å². The van der Waals surface area contributed by atoms with Gasteiger partial charge in [-0.2, -0.15) is 0 Å². The summed E-state index contributed by atoms with van der Waals surface area (Å²) in [4.78, 5) is 10.8. The first-order valence-electron chi connectivity index (χ1n) is 14.9. The summed E-state index contributed by atoms with van der Waals surface area (Å²) in [6.07, 6.45) is 3.21. The standard InChI is InChI=1S/C37H38N2O2/c1-3-25-37(26-4-2,35-38-31(27-17-9-5-10-18-27)33(40-35)29-21-13-7-14-22-29)36-39-32(28-19-11-6-12-20-28)34(41-36)30-23-15-8-16-24-30/h5-24,31-34H,3-4,25-26H2,1-2H3/t31-,32-,33+,34+/m0/s1. The molecular formula is C37H38N2O2. The number of rotatable bonds is 10. The fourth-order valence-electron chi connectivity index (χ4n) is 6.37. The molecule has 0 bridgehead atoms. The number of hydrogen-bond donors (Lipinski definition) is 0. The molecule has 4 aromatic carbocycles. The number of benzene rings is 4. The fraction of sp³-hybridized carbons (Fsp3) is 0.297. The predicted octanol–water partition coefficient (Wildman–Crippen LogP) is 9.40. The van der Waals surface area contributed by atoms with Crippen LogP contribution in [0.3, 0.4) is 0 Å². The summed E-state index contributed by atoms with van der Waals surface area (Å²) < 4.78 is 13.9. The van der Waals surface area contributed by atoms with Crippen LogP contribution in [0.1, 0.15) is 86.1 Å². The molecule has 0 fully saturated rings. The third-order valence-electron chi connectivity index (χ3n) is 8.27. The van der Waals surface area contributed by atoms with Crippen molar-refractivity contribution in [1.82, 2.24) is 0 Å². The topological polar surface area (TPSA) is 43.2 Å². The van der Waals surface area contributed by atoms with Crippen molar-refractivity contribution < 1.29 is 9.47 Å². The largest absolute Gasteiger partial charge is 0.469 e. The average Bonchev–Trinajstić information content (AvgIpc) is 3.69. The molecule has 6 rings (SSSR count). The van der Waals surface area contributed by atoms with E-state index in [1.165, 1.54) is 0 Å². The van der Waals surface area contributed by atoms with Crippen LogP contribution in [0.2, 0.25) is 0 Å². The van der Waals surface area contributed by atoms with Crippen molar-refractivity contribution in [2.75, 3.05) is 0 Å². The van der Waals surface area contributed by atoms with Crippen LogP contribution >= 0.6 is 0 Å². The molecule has 2 heterocycles. The summed E-state index contributed by atoms with van der Waals surface area (Å²) in [5.41, 5.74) is 4.01. The van der Waals surface area contributed by atoms with Crippen LogP contribution in [0.25, 0.3) is 0 Å². The molecule has 4 aromatic rings. The second kappa shape index (κ2) is 12.1. The van der Waals surface area contributed by atoms with E-state index in [2.05, 4.69) is 123 Å². The van der Waals surface area contributed by atoms with E-state index in [-0.39, 0.29) is 24.3 Å². The predicted molar refractivity (Wildman–Crippen MR) is 166 cm³/mol. The Morgan fingerprint density at radius 1 is 0.488 bits per heavy atom. The van der Waals surface area contributed by atoms with Crippen molar-refractivity contribution >= 4 is 11.8 Å². The van der Waals surface area contributed by atoms with Crippen LogP contribution in [0, 0.1) is 5.41 Å². The Bertz CT molecular complexity index is 1350. The van der Waals surface area contributed by atoms with Gasteiger partial charge in [0.15, 0.2) is 12.2 Å². The molecule has 2 aliphatic rings. The number of aliphatic imine (C=N–C) groups is 2. The first-order valence-corrected chi connectivity index (χ1v) is 14.9. The number of hydrogen-bond acceptors (Lipinski definition) is 4. The molecule has 0 saturated carbocycles. The summed E-state index contributed by atoms with van der Waals surface area (Å²) in [6.45, 7) is 4.45. The van der Waals surface area contributed by atoms with Gasteiger partial charge in [-0.1, -0.05) is 148 Å². The van der Waals surface area contributed by atoms with Gasteiger partial charge in [0.05, 0.1) is 0 Å². The van der Waals surface area contributed by atoms with Crippen LogP contribution < -0.4 is 0 Å². The molecule has 0 unspecified atom stereocenters. The van der Waals surface area contributed by atoms with Crippen LogP contribution in [-0.4, -0.2) is 11.8 Å². The van der Waals surface area contributed by atoms with Gasteiger partial charge in [-0.05, 0) is 35.1 Å². The van der Waals surface area contributed by atoms with E-state index in [0.717, 1.165) is 59.7 Å². The highest BCUT2D eigenvalue weighted by Gasteiger charge is 2.52. The molecule has 0 aliphatic carbocycles. The molecule has 0 radical (unpaired) electrons. The Balaban J connectivity index is 1.46. The maximum atomic E-state index is 6.97. The minimum Gasteiger partial charge on any atom is -0.469 e. The third-order valence-corrected chi connectivity index (χ3v) is 8.27. The van der Waals surface area contributed by atoms with Gasteiger partial charge in [0.2, 0.25) is 11.8 Å². The molecule has 0 spiro atoms. The Kier molecular flexibility index (Phi) is 8.00. The highest BCUT2D eigenvalue weighted by molar-refractivity contribution is 6.06. The molecule has 4 heteroatoms. The van der Waals surface area contributed by atoms with Gasteiger partial charge in [-0.15, -0.1) is 0 Å². The maximum absolute atomic E-state index is 6.97. The number of ether oxygens (including phenoxy) is 2. The van der Waals surface area contributed by atoms with Gasteiger partial charge >= 0.3 is 0 Å². The molecular weight excluding hydrogens is 504 g/mol. The van der Waals surface area contributed by atoms with Gasteiger partial charge in [0, 0.05) is 0 Å². The van der Waals surface area contributed by atoms with E-state index >= 15 is 0 Å². The Morgan fingerprint density at radius 3 is 1.12 bits per heavy atom. The van der Waals surface area contributed by atoms with Crippen molar-refractivity contribution in [3.8, 4) is 0 Å². The average molecular weight is 543 g/mol. The second-order valence-electron chi connectivity index (χ2n) is 11.1. The molecule has 0 saturated heterocycles. The minimum absolute atomic E-state index is 0.140. The van der Waals surface area contributed by atoms with Crippen molar-refractivity contribution in [3.05, 3.63) is 144 Å². The zero-order valence-electron chi connectivity index (χ0n) is 23.9. The third kappa shape index (κ3) is 5.31. The first-order chi connectivity index (χ1) is 20.2. The van der Waals surface area contributed by atoms with Crippen molar-refractivity contribution in [2.24, 2.45) is 15.4 Å². The Labute approximate surface area is 243 Å². The normalized spacial score (nSPS) is 22.0. The van der Waals surface area contributed by atoms with E-state index < -0.39 is 5.41 Å². The lowest BCUT2D eigenvalue weighted by Crippen LogP contribution is -2.40. The van der Waals surface area contributed by atoms with E-state index in [4.69, 9.17) is 19.5 Å². The Hall–Kier alpha value is -4.18. The quantitative estimate of drug-likeness (QED) is 0.200. The van der Waals surface area contributed by atoms with Crippen molar-refractivity contribution in [3.63, 3.8) is 0 Å². The monoisotopic (exact) mass is 542 g/mol. The van der Waals surface area contributed by atoms with Gasteiger partial charge < -0.3 is 9.47 Å². The lowest BCUT2D eigenvalue weighted by Gasteiger charge is -2.33. The summed E-state index contributed by atoms with van der Waals surface area (Å²) in [5, 5.41) is 0. The molecule has 0 N–H and O–H groups in total. The second-order valence-corrected chi connectivity index (χ2v) is 11.1. The van der Waals surface area contributed by atoms with Crippen molar-refractivity contribution in [2.45, 2.75) is 63.8 Å². The van der Waals surface area contributed by atoms with E-state index in [0.29, 0.717) is 0 Å². The van der Waals surface area contributed by atoms with E-state index in [9.17, 15) is 0 Å². The van der Waals surface area contributed by atoms with E-state index in [1.807, 2.05) is 12.1 Å². The molecule has 41 heavy (non-hydrogen) atoms. The summed E-state index contributed by atoms with van der Waals surface area (Å²) >= 11 is 0. The molecule has 208 valence electrons. The van der Waals surface area contributed by atoms with Crippen LogP contribution in [-0.2, 0) is 9.47 Å². The fourth-order valence-corrected chi connectivity index (χ4v) is 6.37. The van der Waals surface area contributed by atoms with Gasteiger partial charge in [0.1, 0.15) is 17.5 Å². The van der Waals surface area contributed by atoms with Gasteiger partial charge in [-0.25, -0.2) is 9.98 Å². The Morgan fingerprint density at radius 2 is 0.805 bits per heavy atom. The zero-order valence-corrected chi connectivity index (χ0v) is 23.9. The molecule has 0 amide bonds. The zero-order chi connectivity index (χ0) is 28.1. The van der Waals surface area contributed by atoms with Crippen LogP contribution in [0.5, 0.6) is 0 Å². The van der Waals surface area contributed by atoms with Crippen molar-refractivity contribution in [1.29, 1.82) is 0 Å². The number of nitrogens with zero attached hydrogens (tertiary/aromatic N) is 2. The summed E-state index contributed by atoms with van der Waals surface area (Å²) in [6, 6.07) is 41.7. The highest BCUT2D eigenvalue weighted by Crippen LogP contribution is 2.51. The van der Waals surface area contributed by atoms with Gasteiger partial charge in [-0.3, -0.25) is 0 Å². The molecule has 4 nitrogen and oxygen atoms in total. The first kappa shape index (κ1) is 27.0. The smallest absolute Gasteiger partial charge is 0.200 e. The summed E-state index contributed by atoms with van der Waals surface area (Å²) in [7, 11) is 0. The molecule has 0 aromatic heterocycles. The van der Waals surface area contributed by atoms with Crippen LogP contribution in [0.4, 0.5) is 0 Å². The minimum atomic E-state index is -0.545. The summed E-state index contributed by atoms with van der Waals surface area (Å²) in [5.74, 6) is 1.51. The van der Waals surface area contributed by atoms with Gasteiger partial charge in [0.25, 0.3) is 0 Å². The lowest BCUT2D eigenvalue weighted by molar-refractivity contribution is 0.149. The molecule has 4 atom stereocenters. The lowest BCUT2D eigenvalue weighted by atomic mass is 9.78. The van der Waals surface area contributed by atoms with E-state index in [1.54, 1.807) is 0 Å². The maximum Gasteiger partial charge on any atom is 0.200 e. The highest BCUT2D eigenvalue weighted by atomic mass is 16.5. The molecule has 2 aliphatic heterocycles.